The molecule has 38 heavy (non-hydrogen) atoms. The second-order valence-electron chi connectivity index (χ2n) is 10.8. The highest BCUT2D eigenvalue weighted by Crippen LogP contribution is 2.30. The van der Waals surface area contributed by atoms with Gasteiger partial charge in [0.1, 0.15) is 6.04 Å². The van der Waals surface area contributed by atoms with E-state index in [1.165, 1.54) is 37.7 Å². The highest BCUT2D eigenvalue weighted by molar-refractivity contribution is 5.80. The first-order valence-corrected chi connectivity index (χ1v) is 14.1. The van der Waals surface area contributed by atoms with E-state index in [2.05, 4.69) is 67.6 Å². The molecule has 198 valence electrons. The van der Waals surface area contributed by atoms with Crippen LogP contribution >= 0.6 is 0 Å². The number of pyridine rings is 1. The van der Waals surface area contributed by atoms with Crippen LogP contribution in [0.1, 0.15) is 67.6 Å². The number of nitrogens with one attached hydrogen (secondary N) is 1. The minimum Gasteiger partial charge on any atom is -0.322 e. The maximum absolute atomic E-state index is 13.6. The maximum atomic E-state index is 13.6. The zero-order valence-electron chi connectivity index (χ0n) is 22.2. The van der Waals surface area contributed by atoms with E-state index in [1.54, 1.807) is 0 Å². The topological polar surface area (TPSA) is 82.9 Å². The number of hydrogen-bond donors (Lipinski definition) is 1. The first kappa shape index (κ1) is 24.9. The van der Waals surface area contributed by atoms with Crippen molar-refractivity contribution >= 4 is 10.9 Å². The first-order chi connectivity index (χ1) is 18.7. The number of aromatic amines is 1. The molecule has 2 aromatic carbocycles. The maximum Gasteiger partial charge on any atom is 0.253 e. The lowest BCUT2D eigenvalue weighted by Gasteiger charge is -2.43. The molecular weight excluding hydrogens is 474 g/mol. The van der Waals surface area contributed by atoms with Gasteiger partial charge in [0.15, 0.2) is 5.82 Å². The van der Waals surface area contributed by atoms with Crippen LogP contribution in [0.2, 0.25) is 0 Å². The van der Waals surface area contributed by atoms with E-state index in [4.69, 9.17) is 0 Å². The molecule has 6 rings (SSSR count). The van der Waals surface area contributed by atoms with Gasteiger partial charge in [-0.2, -0.15) is 0 Å². The Morgan fingerprint density at radius 2 is 1.74 bits per heavy atom. The fourth-order valence-electron chi connectivity index (χ4n) is 6.28. The number of benzene rings is 2. The van der Waals surface area contributed by atoms with Crippen molar-refractivity contribution in [3.63, 3.8) is 0 Å². The fourth-order valence-corrected chi connectivity index (χ4v) is 6.28. The lowest BCUT2D eigenvalue weighted by Crippen LogP contribution is -2.52. The number of nitrogens with zero attached hydrogens (tertiary/aromatic N) is 6. The van der Waals surface area contributed by atoms with Gasteiger partial charge in [0.25, 0.3) is 5.56 Å². The molecule has 0 amide bonds. The van der Waals surface area contributed by atoms with Gasteiger partial charge in [0.2, 0.25) is 0 Å². The summed E-state index contributed by atoms with van der Waals surface area (Å²) in [7, 11) is 0. The molecule has 2 fully saturated rings. The van der Waals surface area contributed by atoms with Gasteiger partial charge in [-0.3, -0.25) is 14.6 Å². The average molecular weight is 512 g/mol. The van der Waals surface area contributed by atoms with Crippen molar-refractivity contribution in [1.82, 2.24) is 35.0 Å². The van der Waals surface area contributed by atoms with Crippen LogP contribution in [0.5, 0.6) is 0 Å². The van der Waals surface area contributed by atoms with E-state index < -0.39 is 0 Å². The van der Waals surface area contributed by atoms with Crippen LogP contribution in [0, 0.1) is 0 Å². The Hall–Kier alpha value is -3.36. The molecule has 0 radical (unpaired) electrons. The zero-order valence-corrected chi connectivity index (χ0v) is 22.2. The molecule has 1 aliphatic heterocycles. The van der Waals surface area contributed by atoms with Crippen LogP contribution in [0.15, 0.2) is 59.4 Å². The van der Waals surface area contributed by atoms with Gasteiger partial charge in [-0.25, -0.2) is 4.68 Å². The molecule has 1 N–H and O–H groups in total. The number of aromatic nitrogens is 5. The van der Waals surface area contributed by atoms with Crippen LogP contribution in [-0.4, -0.2) is 67.2 Å². The number of tetrazole rings is 1. The molecule has 2 aliphatic rings. The summed E-state index contributed by atoms with van der Waals surface area (Å²) in [6.45, 7) is 6.49. The number of rotatable bonds is 7. The van der Waals surface area contributed by atoms with Gasteiger partial charge in [-0.15, -0.1) is 5.10 Å². The van der Waals surface area contributed by atoms with Crippen LogP contribution in [0.25, 0.3) is 10.9 Å². The van der Waals surface area contributed by atoms with E-state index >= 15 is 0 Å². The van der Waals surface area contributed by atoms with E-state index in [0.29, 0.717) is 18.2 Å². The third-order valence-electron chi connectivity index (χ3n) is 8.42. The molecule has 1 atom stereocenters. The first-order valence-electron chi connectivity index (χ1n) is 14.1. The molecule has 1 aliphatic carbocycles. The molecule has 0 spiro atoms. The molecule has 2 aromatic heterocycles. The Bertz CT molecular complexity index is 1420. The fraction of sp³-hybridized carbons (Fsp3) is 0.467. The third kappa shape index (κ3) is 5.15. The predicted octanol–water partition coefficient (Wildman–Crippen LogP) is 4.17. The molecule has 4 aromatic rings. The second-order valence-corrected chi connectivity index (χ2v) is 10.8. The molecule has 8 nitrogen and oxygen atoms in total. The van der Waals surface area contributed by atoms with Gasteiger partial charge in [0, 0.05) is 43.3 Å². The Labute approximate surface area is 223 Å². The highest BCUT2D eigenvalue weighted by atomic mass is 16.1. The summed E-state index contributed by atoms with van der Waals surface area (Å²) in [5.74, 6) is 0.719. The van der Waals surface area contributed by atoms with Crippen molar-refractivity contribution in [3.05, 3.63) is 87.5 Å². The molecule has 1 saturated carbocycles. The number of hydrogen-bond acceptors (Lipinski definition) is 6. The Kier molecular flexibility index (Phi) is 7.33. The van der Waals surface area contributed by atoms with E-state index in [9.17, 15) is 4.79 Å². The van der Waals surface area contributed by atoms with Crippen LogP contribution in [0.4, 0.5) is 0 Å². The van der Waals surface area contributed by atoms with Gasteiger partial charge in [-0.05, 0) is 64.4 Å². The lowest BCUT2D eigenvalue weighted by atomic mass is 9.93. The highest BCUT2D eigenvalue weighted by Gasteiger charge is 2.34. The normalized spacial score (nSPS) is 18.7. The number of H-pyrrole nitrogens is 1. The molecule has 1 unspecified atom stereocenters. The quantitative estimate of drug-likeness (QED) is 0.401. The van der Waals surface area contributed by atoms with Gasteiger partial charge >= 0.3 is 0 Å². The van der Waals surface area contributed by atoms with Gasteiger partial charge in [-0.1, -0.05) is 62.6 Å². The molecule has 0 bridgehead atoms. The van der Waals surface area contributed by atoms with Crippen LogP contribution in [0.3, 0.4) is 0 Å². The van der Waals surface area contributed by atoms with Crippen molar-refractivity contribution in [3.8, 4) is 0 Å². The van der Waals surface area contributed by atoms with Crippen LogP contribution in [-0.2, 0) is 13.0 Å². The van der Waals surface area contributed by atoms with Crippen LogP contribution < -0.4 is 5.56 Å². The summed E-state index contributed by atoms with van der Waals surface area (Å²) in [5.41, 5.74) is 3.88. The minimum atomic E-state index is -0.319. The average Bonchev–Trinajstić information content (AvgIpc) is 3.42. The van der Waals surface area contributed by atoms with Gasteiger partial charge < -0.3 is 4.98 Å². The van der Waals surface area contributed by atoms with Crippen molar-refractivity contribution in [2.75, 3.05) is 26.2 Å². The molecule has 8 heteroatoms. The summed E-state index contributed by atoms with van der Waals surface area (Å²) in [5, 5.41) is 14.0. The summed E-state index contributed by atoms with van der Waals surface area (Å²) in [6, 6.07) is 18.9. The van der Waals surface area contributed by atoms with Crippen molar-refractivity contribution < 1.29 is 0 Å². The smallest absolute Gasteiger partial charge is 0.253 e. The number of piperazine rings is 1. The summed E-state index contributed by atoms with van der Waals surface area (Å²) in [6.07, 6.45) is 7.62. The summed E-state index contributed by atoms with van der Waals surface area (Å²) in [4.78, 5) is 21.8. The predicted molar refractivity (Wildman–Crippen MR) is 149 cm³/mol. The van der Waals surface area contributed by atoms with Crippen molar-refractivity contribution in [2.45, 2.75) is 64.1 Å². The summed E-state index contributed by atoms with van der Waals surface area (Å²) < 4.78 is 1.86. The second kappa shape index (κ2) is 11.2. The largest absolute Gasteiger partial charge is 0.322 e. The number of aryl methyl sites for hydroxylation is 1. The summed E-state index contributed by atoms with van der Waals surface area (Å²) >= 11 is 0. The Balaban J connectivity index is 1.37. The molecular formula is C30H37N7O. The van der Waals surface area contributed by atoms with E-state index in [-0.39, 0.29) is 11.6 Å². The lowest BCUT2D eigenvalue weighted by molar-refractivity contribution is 0.0618. The molecule has 3 heterocycles. The zero-order chi connectivity index (χ0) is 25.9. The SMILES string of the molecule is CCc1ccc2[nH]c(=O)c(C(c3nnnn3Cc3ccccc3)N3CCN(C4CCCCC4)CC3)cc2c1. The molecule has 1 saturated heterocycles. The van der Waals surface area contributed by atoms with E-state index in [0.717, 1.165) is 54.9 Å². The third-order valence-corrected chi connectivity index (χ3v) is 8.42. The van der Waals surface area contributed by atoms with E-state index in [1.807, 2.05) is 28.9 Å². The monoisotopic (exact) mass is 511 g/mol. The van der Waals surface area contributed by atoms with Crippen molar-refractivity contribution in [2.24, 2.45) is 0 Å². The Morgan fingerprint density at radius 3 is 2.50 bits per heavy atom. The minimum absolute atomic E-state index is 0.0734. The van der Waals surface area contributed by atoms with Gasteiger partial charge in [0.05, 0.1) is 6.54 Å². The Morgan fingerprint density at radius 1 is 0.947 bits per heavy atom. The standard InChI is InChI=1S/C30H37N7O/c1-2-22-13-14-27-24(19-22)20-26(30(38)31-27)28(29-32-33-34-37(29)21-23-9-5-3-6-10-23)36-17-15-35(16-18-36)25-11-7-4-8-12-25/h3,5-6,9-10,13-14,19-20,25,28H,2,4,7-8,11-12,15-18,21H2,1H3,(H,31,38). The number of fused-ring (bicyclic) bond motifs is 1. The van der Waals surface area contributed by atoms with Crippen molar-refractivity contribution in [1.29, 1.82) is 0 Å².